The van der Waals surface area contributed by atoms with Crippen molar-refractivity contribution in [2.45, 2.75) is 58.9 Å². The highest BCUT2D eigenvalue weighted by molar-refractivity contribution is 7.15. The highest BCUT2D eigenvalue weighted by Gasteiger charge is 2.23. The van der Waals surface area contributed by atoms with Gasteiger partial charge in [0.1, 0.15) is 11.7 Å². The van der Waals surface area contributed by atoms with Crippen molar-refractivity contribution >= 4 is 17.2 Å². The second-order valence-electron chi connectivity index (χ2n) is 8.36. The third-order valence-electron chi connectivity index (χ3n) is 5.86. The molecular weight excluding hydrogens is 412 g/mol. The quantitative estimate of drug-likeness (QED) is 0.609. The van der Waals surface area contributed by atoms with Crippen LogP contribution in [0.2, 0.25) is 0 Å². The molecule has 4 rings (SSSR count). The van der Waals surface area contributed by atoms with Crippen molar-refractivity contribution in [2.24, 2.45) is 5.92 Å². The summed E-state index contributed by atoms with van der Waals surface area (Å²) < 4.78 is 6.69. The summed E-state index contributed by atoms with van der Waals surface area (Å²) in [6.07, 6.45) is 6.04. The van der Waals surface area contributed by atoms with Crippen LogP contribution in [0.1, 0.15) is 55.6 Å². The second kappa shape index (κ2) is 9.18. The Morgan fingerprint density at radius 3 is 2.68 bits per heavy atom. The molecule has 8 heteroatoms. The topological polar surface area (TPSA) is 90.0 Å². The van der Waals surface area contributed by atoms with Crippen molar-refractivity contribution in [2.75, 3.05) is 6.54 Å². The Balaban J connectivity index is 1.64. The first-order chi connectivity index (χ1) is 14.9. The van der Waals surface area contributed by atoms with Gasteiger partial charge in [-0.15, -0.1) is 11.3 Å². The Kier molecular flexibility index (Phi) is 6.36. The van der Waals surface area contributed by atoms with Gasteiger partial charge in [0.15, 0.2) is 5.76 Å². The second-order valence-corrected chi connectivity index (χ2v) is 9.65. The normalized spacial score (nSPS) is 15.7. The molecule has 1 saturated carbocycles. The Morgan fingerprint density at radius 1 is 1.26 bits per heavy atom. The van der Waals surface area contributed by atoms with Crippen molar-refractivity contribution in [1.29, 1.82) is 0 Å². The summed E-state index contributed by atoms with van der Waals surface area (Å²) in [5.41, 5.74) is 1.57. The number of aromatic nitrogens is 3. The summed E-state index contributed by atoms with van der Waals surface area (Å²) in [6, 6.07) is 6.54. The zero-order valence-electron chi connectivity index (χ0n) is 18.2. The maximum absolute atomic E-state index is 12.9. The average molecular weight is 441 g/mol. The molecule has 1 atom stereocenters. The number of thiophene rings is 1. The number of aryl methyl sites for hydroxylation is 2. The van der Waals surface area contributed by atoms with E-state index >= 15 is 0 Å². The van der Waals surface area contributed by atoms with Crippen LogP contribution in [-0.4, -0.2) is 27.4 Å². The average Bonchev–Trinajstić information content (AvgIpc) is 3.40. The number of nitrogens with zero attached hydrogens (tertiary/aromatic N) is 3. The maximum Gasteiger partial charge on any atom is 0.268 e. The predicted molar refractivity (Wildman–Crippen MR) is 121 cm³/mol. The molecule has 3 aromatic heterocycles. The van der Waals surface area contributed by atoms with E-state index in [0.717, 1.165) is 28.3 Å². The van der Waals surface area contributed by atoms with Gasteiger partial charge in [0.2, 0.25) is 5.91 Å². The third kappa shape index (κ3) is 4.79. The van der Waals surface area contributed by atoms with Gasteiger partial charge in [-0.1, -0.05) is 24.4 Å². The molecule has 0 radical (unpaired) electrons. The number of rotatable bonds is 6. The van der Waals surface area contributed by atoms with E-state index in [1.807, 2.05) is 26.0 Å². The predicted octanol–water partition coefficient (Wildman–Crippen LogP) is 4.50. The van der Waals surface area contributed by atoms with E-state index in [-0.39, 0.29) is 11.5 Å². The minimum Gasteiger partial charge on any atom is -0.356 e. The van der Waals surface area contributed by atoms with Crippen LogP contribution in [0.25, 0.3) is 21.9 Å². The molecule has 0 aromatic carbocycles. The molecule has 1 aliphatic carbocycles. The van der Waals surface area contributed by atoms with E-state index < -0.39 is 6.04 Å². The van der Waals surface area contributed by atoms with Gasteiger partial charge in [-0.25, -0.2) is 4.68 Å². The summed E-state index contributed by atoms with van der Waals surface area (Å²) >= 11 is 1.58. The minimum absolute atomic E-state index is 0.184. The molecule has 164 valence electrons. The minimum atomic E-state index is -0.707. The highest BCUT2D eigenvalue weighted by Crippen LogP contribution is 2.34. The standard InChI is InChI=1S/C23H28N4O3S/c1-14-11-19(30-26-14)18-12-21(28)27(25-22(18)20-10-9-15(2)31-20)16(3)23(29)24-13-17-7-5-4-6-8-17/h9-12,16-17H,4-8,13H2,1-3H3,(H,24,29). The number of amides is 1. The summed E-state index contributed by atoms with van der Waals surface area (Å²) in [4.78, 5) is 27.8. The first-order valence-electron chi connectivity index (χ1n) is 10.8. The van der Waals surface area contributed by atoms with Crippen LogP contribution in [0.4, 0.5) is 0 Å². The van der Waals surface area contributed by atoms with Crippen LogP contribution in [0.15, 0.2) is 33.6 Å². The SMILES string of the molecule is Cc1cc(-c2cc(=O)n(C(C)C(=O)NCC3CCCCC3)nc2-c2ccc(C)s2)on1. The summed E-state index contributed by atoms with van der Waals surface area (Å²) in [5, 5.41) is 11.6. The van der Waals surface area contributed by atoms with Crippen molar-refractivity contribution in [1.82, 2.24) is 20.3 Å². The van der Waals surface area contributed by atoms with E-state index in [2.05, 4.69) is 15.6 Å². The molecule has 0 bridgehead atoms. The van der Waals surface area contributed by atoms with E-state index in [1.54, 1.807) is 24.3 Å². The fraction of sp³-hybridized carbons (Fsp3) is 0.478. The van der Waals surface area contributed by atoms with E-state index in [9.17, 15) is 9.59 Å². The van der Waals surface area contributed by atoms with E-state index in [1.165, 1.54) is 30.0 Å². The number of nitrogens with one attached hydrogen (secondary N) is 1. The number of carbonyl (C=O) groups excluding carboxylic acids is 1. The van der Waals surface area contributed by atoms with Gasteiger partial charge in [0, 0.05) is 23.6 Å². The van der Waals surface area contributed by atoms with Crippen molar-refractivity contribution in [3.63, 3.8) is 0 Å². The van der Waals surface area contributed by atoms with Crippen LogP contribution in [0.5, 0.6) is 0 Å². The van der Waals surface area contributed by atoms with Gasteiger partial charge in [0.25, 0.3) is 5.56 Å². The van der Waals surface area contributed by atoms with Crippen molar-refractivity contribution in [3.05, 3.63) is 45.2 Å². The summed E-state index contributed by atoms with van der Waals surface area (Å²) in [5.74, 6) is 0.831. The molecule has 7 nitrogen and oxygen atoms in total. The summed E-state index contributed by atoms with van der Waals surface area (Å²) in [6.45, 7) is 6.22. The monoisotopic (exact) mass is 440 g/mol. The molecule has 3 heterocycles. The smallest absolute Gasteiger partial charge is 0.268 e. The van der Waals surface area contributed by atoms with E-state index in [4.69, 9.17) is 4.52 Å². The molecule has 0 spiro atoms. The van der Waals surface area contributed by atoms with Crippen LogP contribution in [0.3, 0.4) is 0 Å². The molecule has 1 unspecified atom stereocenters. The van der Waals surface area contributed by atoms with Gasteiger partial charge < -0.3 is 9.84 Å². The fourth-order valence-electron chi connectivity index (χ4n) is 4.06. The lowest BCUT2D eigenvalue weighted by Crippen LogP contribution is -2.39. The lowest BCUT2D eigenvalue weighted by molar-refractivity contribution is -0.124. The fourth-order valence-corrected chi connectivity index (χ4v) is 4.93. The lowest BCUT2D eigenvalue weighted by atomic mass is 9.89. The molecule has 1 amide bonds. The first kappa shape index (κ1) is 21.5. The molecular formula is C23H28N4O3S. The molecule has 0 aliphatic heterocycles. The first-order valence-corrected chi connectivity index (χ1v) is 11.7. The van der Waals surface area contributed by atoms with Crippen LogP contribution >= 0.6 is 11.3 Å². The highest BCUT2D eigenvalue weighted by atomic mass is 32.1. The summed E-state index contributed by atoms with van der Waals surface area (Å²) in [7, 11) is 0. The zero-order chi connectivity index (χ0) is 22.0. The molecule has 1 aliphatic rings. The van der Waals surface area contributed by atoms with Gasteiger partial charge in [-0.3, -0.25) is 9.59 Å². The Hall–Kier alpha value is -2.74. The lowest BCUT2D eigenvalue weighted by Gasteiger charge is -2.23. The molecule has 1 N–H and O–H groups in total. The van der Waals surface area contributed by atoms with Crippen molar-refractivity contribution in [3.8, 4) is 21.9 Å². The number of carbonyl (C=O) groups is 1. The molecule has 31 heavy (non-hydrogen) atoms. The Morgan fingerprint density at radius 2 is 2.03 bits per heavy atom. The van der Waals surface area contributed by atoms with Gasteiger partial charge in [-0.2, -0.15) is 5.10 Å². The van der Waals surface area contributed by atoms with Crippen molar-refractivity contribution < 1.29 is 9.32 Å². The Bertz CT molecular complexity index is 1120. The van der Waals surface area contributed by atoms with Gasteiger partial charge in [0.05, 0.1) is 16.1 Å². The molecule has 1 fully saturated rings. The molecule has 3 aromatic rings. The van der Waals surface area contributed by atoms with Crippen LogP contribution < -0.4 is 10.9 Å². The van der Waals surface area contributed by atoms with E-state index in [0.29, 0.717) is 29.5 Å². The van der Waals surface area contributed by atoms with Gasteiger partial charge in [-0.05, 0) is 51.7 Å². The zero-order valence-corrected chi connectivity index (χ0v) is 19.0. The Labute approximate surface area is 185 Å². The largest absolute Gasteiger partial charge is 0.356 e. The maximum atomic E-state index is 12.9. The van der Waals surface area contributed by atoms with Crippen LogP contribution in [0, 0.1) is 19.8 Å². The third-order valence-corrected chi connectivity index (χ3v) is 6.87. The number of hydrogen-bond acceptors (Lipinski definition) is 6. The van der Waals surface area contributed by atoms with Gasteiger partial charge >= 0.3 is 0 Å². The molecule has 0 saturated heterocycles. The number of hydrogen-bond donors (Lipinski definition) is 1. The van der Waals surface area contributed by atoms with Crippen LogP contribution in [-0.2, 0) is 4.79 Å².